The smallest absolute Gasteiger partial charge is 0.256 e. The minimum absolute atomic E-state index is 0.00740. The normalized spacial score (nSPS) is 17.2. The number of amides is 2. The van der Waals surface area contributed by atoms with Crippen LogP contribution >= 0.6 is 0 Å². The van der Waals surface area contributed by atoms with Crippen molar-refractivity contribution in [3.8, 4) is 0 Å². The second kappa shape index (κ2) is 7.51. The number of rotatable bonds is 3. The Hall–Kier alpha value is -2.62. The van der Waals surface area contributed by atoms with Crippen molar-refractivity contribution >= 4 is 17.5 Å². The summed E-state index contributed by atoms with van der Waals surface area (Å²) in [7, 11) is 0. The van der Waals surface area contributed by atoms with E-state index in [2.05, 4.69) is 12.2 Å². The number of hydrogen-bond acceptors (Lipinski definition) is 2. The fraction of sp³-hybridized carbons (Fsp3) is 0.333. The molecule has 0 spiro atoms. The minimum atomic E-state index is -0.202. The van der Waals surface area contributed by atoms with E-state index < -0.39 is 0 Å². The lowest BCUT2D eigenvalue weighted by Crippen LogP contribution is -2.42. The molecule has 2 amide bonds. The van der Waals surface area contributed by atoms with Gasteiger partial charge in [0.05, 0.1) is 11.3 Å². The quantitative estimate of drug-likeness (QED) is 0.910. The summed E-state index contributed by atoms with van der Waals surface area (Å²) in [5.74, 6) is -0.209. The molecule has 0 aromatic heterocycles. The van der Waals surface area contributed by atoms with E-state index in [-0.39, 0.29) is 17.9 Å². The van der Waals surface area contributed by atoms with Crippen LogP contribution < -0.4 is 5.32 Å². The molecule has 4 heteroatoms. The zero-order valence-electron chi connectivity index (χ0n) is 14.8. The summed E-state index contributed by atoms with van der Waals surface area (Å²) < 4.78 is 0. The number of aryl methyl sites for hydroxylation is 1. The van der Waals surface area contributed by atoms with E-state index in [9.17, 15) is 9.59 Å². The van der Waals surface area contributed by atoms with E-state index >= 15 is 0 Å². The van der Waals surface area contributed by atoms with Crippen LogP contribution in [-0.2, 0) is 0 Å². The summed E-state index contributed by atoms with van der Waals surface area (Å²) in [5.41, 5.74) is 2.80. The Labute approximate surface area is 148 Å². The van der Waals surface area contributed by atoms with Crippen molar-refractivity contribution in [2.45, 2.75) is 39.2 Å². The van der Waals surface area contributed by atoms with E-state index in [1.54, 1.807) is 24.3 Å². The highest BCUT2D eigenvalue weighted by Crippen LogP contribution is 2.23. The fourth-order valence-corrected chi connectivity index (χ4v) is 3.23. The molecule has 0 unspecified atom stereocenters. The van der Waals surface area contributed by atoms with Crippen molar-refractivity contribution in [3.63, 3.8) is 0 Å². The second-order valence-corrected chi connectivity index (χ2v) is 6.71. The van der Waals surface area contributed by atoms with Gasteiger partial charge in [-0.05, 0) is 57.4 Å². The molecule has 3 rings (SSSR count). The molecule has 2 aromatic rings. The third kappa shape index (κ3) is 3.90. The number of para-hydroxylation sites is 1. The molecule has 0 saturated carbocycles. The highest BCUT2D eigenvalue weighted by Gasteiger charge is 2.26. The molecule has 1 saturated heterocycles. The summed E-state index contributed by atoms with van der Waals surface area (Å²) in [6, 6.07) is 14.9. The van der Waals surface area contributed by atoms with Crippen LogP contribution in [0.4, 0.5) is 5.69 Å². The maximum atomic E-state index is 13.0. The van der Waals surface area contributed by atoms with Gasteiger partial charge in [0, 0.05) is 18.2 Å². The van der Waals surface area contributed by atoms with E-state index in [0.29, 0.717) is 16.8 Å². The lowest BCUT2D eigenvalue weighted by molar-refractivity contribution is 0.0636. The first-order valence-electron chi connectivity index (χ1n) is 8.84. The average Bonchev–Trinajstić information content (AvgIpc) is 2.62. The van der Waals surface area contributed by atoms with Gasteiger partial charge in [-0.3, -0.25) is 9.59 Å². The van der Waals surface area contributed by atoms with Crippen LogP contribution in [0.15, 0.2) is 48.5 Å². The molecule has 2 aromatic carbocycles. The average molecular weight is 336 g/mol. The van der Waals surface area contributed by atoms with Crippen LogP contribution in [-0.4, -0.2) is 29.3 Å². The number of nitrogens with one attached hydrogen (secondary N) is 1. The zero-order chi connectivity index (χ0) is 17.8. The van der Waals surface area contributed by atoms with E-state index in [0.717, 1.165) is 31.4 Å². The lowest BCUT2D eigenvalue weighted by atomic mass is 10.0. The van der Waals surface area contributed by atoms with Crippen LogP contribution in [0.3, 0.4) is 0 Å². The van der Waals surface area contributed by atoms with Gasteiger partial charge in [-0.2, -0.15) is 0 Å². The van der Waals surface area contributed by atoms with Gasteiger partial charge in [-0.1, -0.05) is 29.8 Å². The number of benzene rings is 2. The molecular formula is C21H24N2O2. The minimum Gasteiger partial charge on any atom is -0.336 e. The monoisotopic (exact) mass is 336 g/mol. The molecule has 130 valence electrons. The maximum absolute atomic E-state index is 13.0. The van der Waals surface area contributed by atoms with Crippen molar-refractivity contribution in [2.75, 3.05) is 11.9 Å². The van der Waals surface area contributed by atoms with Crippen molar-refractivity contribution in [2.24, 2.45) is 0 Å². The van der Waals surface area contributed by atoms with Gasteiger partial charge < -0.3 is 10.2 Å². The first-order valence-corrected chi connectivity index (χ1v) is 8.84. The predicted molar refractivity (Wildman–Crippen MR) is 99.9 cm³/mol. The van der Waals surface area contributed by atoms with Gasteiger partial charge in [0.25, 0.3) is 11.8 Å². The number of anilines is 1. The van der Waals surface area contributed by atoms with E-state index in [1.165, 1.54) is 0 Å². The van der Waals surface area contributed by atoms with Crippen LogP contribution in [0.25, 0.3) is 0 Å². The first kappa shape index (κ1) is 17.2. The predicted octanol–water partition coefficient (Wildman–Crippen LogP) is 4.26. The van der Waals surface area contributed by atoms with Crippen molar-refractivity contribution < 1.29 is 9.59 Å². The largest absolute Gasteiger partial charge is 0.336 e. The molecular weight excluding hydrogens is 312 g/mol. The Bertz CT molecular complexity index is 768. The van der Waals surface area contributed by atoms with E-state index in [4.69, 9.17) is 0 Å². The molecule has 0 bridgehead atoms. The fourth-order valence-electron chi connectivity index (χ4n) is 3.23. The SMILES string of the molecule is Cc1ccc(C(=O)Nc2ccccc2C(=O)N2CCCC[C@H]2C)cc1. The number of carbonyl (C=O) groups excluding carboxylic acids is 2. The molecule has 1 fully saturated rings. The summed E-state index contributed by atoms with van der Waals surface area (Å²) in [6.07, 6.45) is 3.23. The number of likely N-dealkylation sites (tertiary alicyclic amines) is 1. The van der Waals surface area contributed by atoms with Gasteiger partial charge in [-0.25, -0.2) is 0 Å². The Morgan fingerprint density at radius 1 is 1.04 bits per heavy atom. The molecule has 25 heavy (non-hydrogen) atoms. The van der Waals surface area contributed by atoms with Crippen LogP contribution in [0, 0.1) is 6.92 Å². The van der Waals surface area contributed by atoms with Crippen LogP contribution in [0.2, 0.25) is 0 Å². The van der Waals surface area contributed by atoms with E-state index in [1.807, 2.05) is 36.1 Å². The van der Waals surface area contributed by atoms with Gasteiger partial charge in [0.15, 0.2) is 0 Å². The first-order chi connectivity index (χ1) is 12.1. The van der Waals surface area contributed by atoms with Gasteiger partial charge in [0.1, 0.15) is 0 Å². The number of nitrogens with zero attached hydrogens (tertiary/aromatic N) is 1. The zero-order valence-corrected chi connectivity index (χ0v) is 14.8. The Balaban J connectivity index is 1.82. The molecule has 0 radical (unpaired) electrons. The third-order valence-electron chi connectivity index (χ3n) is 4.78. The van der Waals surface area contributed by atoms with Crippen molar-refractivity contribution in [3.05, 3.63) is 65.2 Å². The second-order valence-electron chi connectivity index (χ2n) is 6.71. The van der Waals surface area contributed by atoms with Crippen molar-refractivity contribution in [1.82, 2.24) is 4.90 Å². The molecule has 0 aliphatic carbocycles. The summed E-state index contributed by atoms with van der Waals surface area (Å²) in [6.45, 7) is 4.85. The molecule has 4 nitrogen and oxygen atoms in total. The number of hydrogen-bond donors (Lipinski definition) is 1. The third-order valence-corrected chi connectivity index (χ3v) is 4.78. The Morgan fingerprint density at radius 3 is 2.48 bits per heavy atom. The van der Waals surface area contributed by atoms with Gasteiger partial charge >= 0.3 is 0 Å². The topological polar surface area (TPSA) is 49.4 Å². The van der Waals surface area contributed by atoms with Gasteiger partial charge in [-0.15, -0.1) is 0 Å². The molecule has 1 aliphatic heterocycles. The Kier molecular flexibility index (Phi) is 5.17. The summed E-state index contributed by atoms with van der Waals surface area (Å²) >= 11 is 0. The van der Waals surface area contributed by atoms with Gasteiger partial charge in [0.2, 0.25) is 0 Å². The van der Waals surface area contributed by atoms with Crippen LogP contribution in [0.1, 0.15) is 52.5 Å². The Morgan fingerprint density at radius 2 is 1.76 bits per heavy atom. The maximum Gasteiger partial charge on any atom is 0.256 e. The summed E-state index contributed by atoms with van der Waals surface area (Å²) in [4.78, 5) is 27.4. The highest BCUT2D eigenvalue weighted by atomic mass is 16.2. The van der Waals surface area contributed by atoms with Crippen LogP contribution in [0.5, 0.6) is 0 Å². The van der Waals surface area contributed by atoms with Crippen molar-refractivity contribution in [1.29, 1.82) is 0 Å². The molecule has 1 atom stereocenters. The molecule has 1 N–H and O–H groups in total. The standard InChI is InChI=1S/C21H24N2O2/c1-15-10-12-17(13-11-15)20(24)22-19-9-4-3-8-18(19)21(25)23-14-6-5-7-16(23)2/h3-4,8-13,16H,5-7,14H2,1-2H3,(H,22,24)/t16-/m1/s1. The highest BCUT2D eigenvalue weighted by molar-refractivity contribution is 6.09. The number of carbonyl (C=O) groups is 2. The molecule has 1 heterocycles. The molecule has 1 aliphatic rings. The lowest BCUT2D eigenvalue weighted by Gasteiger charge is -2.33. The number of piperidine rings is 1. The summed E-state index contributed by atoms with van der Waals surface area (Å²) in [5, 5.41) is 2.89.